The number of amides is 1. The summed E-state index contributed by atoms with van der Waals surface area (Å²) in [5.74, 6) is -0.205. The minimum Gasteiger partial charge on any atom is -0.377 e. The molecule has 3 rings (SSSR count). The quantitative estimate of drug-likeness (QED) is 0.892. The van der Waals surface area contributed by atoms with Crippen molar-refractivity contribution in [1.82, 2.24) is 10.2 Å². The van der Waals surface area contributed by atoms with Gasteiger partial charge in [0.25, 0.3) is 0 Å². The normalized spacial score (nSPS) is 27.4. The Balaban J connectivity index is 1.52. The van der Waals surface area contributed by atoms with Gasteiger partial charge in [-0.25, -0.2) is 4.39 Å². The second-order valence-corrected chi connectivity index (χ2v) is 6.55. The third-order valence-corrected chi connectivity index (χ3v) is 4.53. The Labute approximate surface area is 142 Å². The van der Waals surface area contributed by atoms with Crippen molar-refractivity contribution in [2.24, 2.45) is 0 Å². The Morgan fingerprint density at radius 1 is 1.33 bits per heavy atom. The van der Waals surface area contributed by atoms with Gasteiger partial charge in [-0.05, 0) is 37.5 Å². The molecule has 0 saturated carbocycles. The van der Waals surface area contributed by atoms with Gasteiger partial charge in [-0.3, -0.25) is 4.79 Å². The smallest absolute Gasteiger partial charge is 0.236 e. The summed E-state index contributed by atoms with van der Waals surface area (Å²) in [6, 6.07) is 6.29. The molecule has 5 nitrogen and oxygen atoms in total. The van der Waals surface area contributed by atoms with Crippen molar-refractivity contribution in [3.63, 3.8) is 0 Å². The summed E-state index contributed by atoms with van der Waals surface area (Å²) < 4.78 is 24.5. The number of hydrogen-bond donors (Lipinski definition) is 1. The molecule has 2 aliphatic heterocycles. The van der Waals surface area contributed by atoms with Crippen LogP contribution in [0, 0.1) is 5.82 Å². The number of morpholine rings is 1. The van der Waals surface area contributed by atoms with E-state index >= 15 is 0 Å². The maximum absolute atomic E-state index is 13.1. The highest BCUT2D eigenvalue weighted by Crippen LogP contribution is 2.25. The first-order valence-electron chi connectivity index (χ1n) is 8.63. The lowest BCUT2D eigenvalue weighted by molar-refractivity contribution is -0.144. The van der Waals surface area contributed by atoms with Crippen LogP contribution >= 0.6 is 0 Å². The number of nitrogens with zero attached hydrogens (tertiary/aromatic N) is 1. The van der Waals surface area contributed by atoms with E-state index < -0.39 is 0 Å². The average Bonchev–Trinajstić information content (AvgIpc) is 3.08. The van der Waals surface area contributed by atoms with Crippen LogP contribution in [-0.2, 0) is 14.3 Å². The predicted molar refractivity (Wildman–Crippen MR) is 88.1 cm³/mol. The molecule has 132 valence electrons. The summed E-state index contributed by atoms with van der Waals surface area (Å²) in [6.45, 7) is 4.88. The third kappa shape index (κ3) is 4.53. The largest absolute Gasteiger partial charge is 0.377 e. The monoisotopic (exact) mass is 336 g/mol. The highest BCUT2D eigenvalue weighted by molar-refractivity contribution is 5.78. The molecule has 2 heterocycles. The summed E-state index contributed by atoms with van der Waals surface area (Å²) in [5.41, 5.74) is 0.896. The number of halogens is 1. The van der Waals surface area contributed by atoms with Gasteiger partial charge in [-0.2, -0.15) is 0 Å². The van der Waals surface area contributed by atoms with Crippen LogP contribution in [0.15, 0.2) is 24.3 Å². The van der Waals surface area contributed by atoms with Crippen molar-refractivity contribution in [3.8, 4) is 0 Å². The van der Waals surface area contributed by atoms with Gasteiger partial charge in [0.1, 0.15) is 11.9 Å². The molecule has 3 atom stereocenters. The maximum Gasteiger partial charge on any atom is 0.236 e. The minimum absolute atomic E-state index is 0.0454. The lowest BCUT2D eigenvalue weighted by Crippen LogP contribution is -2.49. The molecule has 6 heteroatoms. The van der Waals surface area contributed by atoms with Crippen LogP contribution in [0.1, 0.15) is 31.4 Å². The van der Waals surface area contributed by atoms with Gasteiger partial charge >= 0.3 is 0 Å². The molecule has 0 radical (unpaired) electrons. The first kappa shape index (κ1) is 17.3. The molecule has 0 aliphatic carbocycles. The van der Waals surface area contributed by atoms with E-state index in [1.807, 2.05) is 11.8 Å². The Morgan fingerprint density at radius 3 is 2.83 bits per heavy atom. The standard InChI is InChI=1S/C18H25FN2O3/c1-13-11-21(18(22)10-20-9-16-3-2-8-23-16)12-17(24-13)14-4-6-15(19)7-5-14/h4-7,13,16-17,20H,2-3,8-12H2,1H3/t13-,16+,17+/m1/s1. The van der Waals surface area contributed by atoms with Gasteiger partial charge in [0.05, 0.1) is 25.3 Å². The van der Waals surface area contributed by atoms with Gasteiger partial charge in [-0.15, -0.1) is 0 Å². The van der Waals surface area contributed by atoms with Crippen LogP contribution in [0.3, 0.4) is 0 Å². The van der Waals surface area contributed by atoms with E-state index in [1.54, 1.807) is 12.1 Å². The SMILES string of the molecule is C[C@@H]1CN(C(=O)CNC[C@@H]2CCCO2)C[C@@H](c2ccc(F)cc2)O1. The number of carbonyl (C=O) groups excluding carboxylic acids is 1. The number of ether oxygens (including phenoxy) is 2. The van der Waals surface area contributed by atoms with Crippen molar-refractivity contribution in [2.75, 3.05) is 32.8 Å². The zero-order valence-corrected chi connectivity index (χ0v) is 14.0. The molecule has 1 aromatic rings. The first-order chi connectivity index (χ1) is 11.6. The lowest BCUT2D eigenvalue weighted by atomic mass is 10.1. The van der Waals surface area contributed by atoms with E-state index in [-0.39, 0.29) is 30.0 Å². The van der Waals surface area contributed by atoms with Gasteiger partial charge in [0.15, 0.2) is 0 Å². The van der Waals surface area contributed by atoms with Crippen LogP contribution in [0.25, 0.3) is 0 Å². The molecule has 24 heavy (non-hydrogen) atoms. The van der Waals surface area contributed by atoms with E-state index in [1.165, 1.54) is 12.1 Å². The molecular weight excluding hydrogens is 311 g/mol. The highest BCUT2D eigenvalue weighted by atomic mass is 19.1. The van der Waals surface area contributed by atoms with Crippen LogP contribution in [0.4, 0.5) is 4.39 Å². The van der Waals surface area contributed by atoms with Crippen molar-refractivity contribution >= 4 is 5.91 Å². The molecule has 2 fully saturated rings. The molecule has 0 aromatic heterocycles. The Morgan fingerprint density at radius 2 is 2.12 bits per heavy atom. The Kier molecular flexibility index (Phi) is 5.81. The van der Waals surface area contributed by atoms with Crippen LogP contribution in [-0.4, -0.2) is 55.8 Å². The van der Waals surface area contributed by atoms with Crippen molar-refractivity contribution < 1.29 is 18.7 Å². The molecule has 0 spiro atoms. The Hall–Kier alpha value is -1.50. The predicted octanol–water partition coefficient (Wildman–Crippen LogP) is 1.88. The number of carbonyl (C=O) groups is 1. The highest BCUT2D eigenvalue weighted by Gasteiger charge is 2.29. The third-order valence-electron chi connectivity index (χ3n) is 4.53. The number of nitrogens with one attached hydrogen (secondary N) is 1. The van der Waals surface area contributed by atoms with Gasteiger partial charge in [0.2, 0.25) is 5.91 Å². The molecule has 2 aliphatic rings. The molecule has 0 bridgehead atoms. The number of rotatable bonds is 5. The number of benzene rings is 1. The van der Waals surface area contributed by atoms with Crippen molar-refractivity contribution in [3.05, 3.63) is 35.6 Å². The van der Waals surface area contributed by atoms with Gasteiger partial charge in [0, 0.05) is 19.7 Å². The topological polar surface area (TPSA) is 50.8 Å². The molecule has 2 saturated heterocycles. The van der Waals surface area contributed by atoms with Crippen LogP contribution in [0.2, 0.25) is 0 Å². The summed E-state index contributed by atoms with van der Waals surface area (Å²) in [6.07, 6.45) is 2.13. The van der Waals surface area contributed by atoms with Gasteiger partial charge < -0.3 is 19.7 Å². The molecule has 0 unspecified atom stereocenters. The first-order valence-corrected chi connectivity index (χ1v) is 8.63. The average molecular weight is 336 g/mol. The fourth-order valence-electron chi connectivity index (χ4n) is 3.27. The molecular formula is C18H25FN2O3. The van der Waals surface area contributed by atoms with Crippen molar-refractivity contribution in [2.45, 2.75) is 38.1 Å². The zero-order chi connectivity index (χ0) is 16.9. The van der Waals surface area contributed by atoms with E-state index in [0.717, 1.165) is 25.0 Å². The summed E-state index contributed by atoms with van der Waals surface area (Å²) >= 11 is 0. The van der Waals surface area contributed by atoms with Crippen molar-refractivity contribution in [1.29, 1.82) is 0 Å². The fourth-order valence-corrected chi connectivity index (χ4v) is 3.27. The van der Waals surface area contributed by atoms with Crippen LogP contribution in [0.5, 0.6) is 0 Å². The van der Waals surface area contributed by atoms with E-state index in [0.29, 0.717) is 26.2 Å². The number of hydrogen-bond acceptors (Lipinski definition) is 4. The minimum atomic E-state index is -0.270. The van der Waals surface area contributed by atoms with E-state index in [2.05, 4.69) is 5.32 Å². The lowest BCUT2D eigenvalue weighted by Gasteiger charge is -2.37. The van der Waals surface area contributed by atoms with E-state index in [9.17, 15) is 9.18 Å². The molecule has 1 aromatic carbocycles. The molecule has 1 amide bonds. The molecule has 1 N–H and O–H groups in total. The maximum atomic E-state index is 13.1. The Bertz CT molecular complexity index is 546. The summed E-state index contributed by atoms with van der Waals surface area (Å²) in [4.78, 5) is 14.3. The second-order valence-electron chi connectivity index (χ2n) is 6.55. The fraction of sp³-hybridized carbons (Fsp3) is 0.611. The summed E-state index contributed by atoms with van der Waals surface area (Å²) in [5, 5.41) is 3.19. The van der Waals surface area contributed by atoms with E-state index in [4.69, 9.17) is 9.47 Å². The van der Waals surface area contributed by atoms with Crippen LogP contribution < -0.4 is 5.32 Å². The zero-order valence-electron chi connectivity index (χ0n) is 14.0. The van der Waals surface area contributed by atoms with Gasteiger partial charge in [-0.1, -0.05) is 12.1 Å². The second kappa shape index (κ2) is 8.05. The summed E-state index contributed by atoms with van der Waals surface area (Å²) in [7, 11) is 0.